The molecule has 0 unspecified atom stereocenters. The minimum Gasteiger partial charge on any atom is -0.351 e. The highest BCUT2D eigenvalue weighted by atomic mass is 35.5. The zero-order valence-corrected chi connectivity index (χ0v) is 18.4. The van der Waals surface area contributed by atoms with Gasteiger partial charge in [0.25, 0.3) is 0 Å². The predicted octanol–water partition coefficient (Wildman–Crippen LogP) is 3.70. The number of hydrogen-bond acceptors (Lipinski definition) is 7. The van der Waals surface area contributed by atoms with E-state index in [2.05, 4.69) is 20.4 Å². The van der Waals surface area contributed by atoms with E-state index in [4.69, 9.17) is 11.6 Å². The number of nitrogens with zero attached hydrogens (tertiary/aromatic N) is 6. The van der Waals surface area contributed by atoms with Crippen LogP contribution in [0.3, 0.4) is 0 Å². The summed E-state index contributed by atoms with van der Waals surface area (Å²) in [6.07, 6.45) is 2.68. The molecule has 1 N–H and O–H groups in total. The van der Waals surface area contributed by atoms with Crippen LogP contribution in [-0.4, -0.2) is 43.7 Å². The van der Waals surface area contributed by atoms with Crippen LogP contribution in [0.15, 0.2) is 36.5 Å². The zero-order chi connectivity index (χ0) is 22.8. The first-order valence-corrected chi connectivity index (χ1v) is 10.6. The first kappa shape index (κ1) is 21.7. The van der Waals surface area contributed by atoms with Crippen molar-refractivity contribution < 1.29 is 9.72 Å². The molecule has 4 rings (SSSR count). The average molecular weight is 456 g/mol. The van der Waals surface area contributed by atoms with Gasteiger partial charge in [-0.1, -0.05) is 11.6 Å². The molecule has 1 fully saturated rings. The fourth-order valence-corrected chi connectivity index (χ4v) is 4.14. The Hall–Kier alpha value is -3.53. The second-order valence-corrected chi connectivity index (χ2v) is 8.05. The average Bonchev–Trinajstić information content (AvgIpc) is 3.11. The maximum Gasteiger partial charge on any atom is 0.311 e. The van der Waals surface area contributed by atoms with Gasteiger partial charge in [0, 0.05) is 37.0 Å². The van der Waals surface area contributed by atoms with Gasteiger partial charge in [-0.2, -0.15) is 5.10 Å². The van der Waals surface area contributed by atoms with Crippen LogP contribution in [-0.2, 0) is 4.79 Å². The molecule has 2 aromatic heterocycles. The smallest absolute Gasteiger partial charge is 0.311 e. The van der Waals surface area contributed by atoms with Gasteiger partial charge < -0.3 is 10.2 Å². The van der Waals surface area contributed by atoms with Crippen molar-refractivity contribution in [1.82, 2.24) is 19.7 Å². The third-order valence-corrected chi connectivity index (χ3v) is 5.75. The molecule has 3 aromatic rings. The van der Waals surface area contributed by atoms with Crippen molar-refractivity contribution in [1.29, 1.82) is 0 Å². The molecule has 0 spiro atoms. The van der Waals surface area contributed by atoms with Gasteiger partial charge in [-0.3, -0.25) is 14.9 Å². The summed E-state index contributed by atoms with van der Waals surface area (Å²) in [4.78, 5) is 33.9. The van der Waals surface area contributed by atoms with Crippen molar-refractivity contribution in [2.45, 2.75) is 26.7 Å². The van der Waals surface area contributed by atoms with Crippen LogP contribution in [0.2, 0.25) is 5.02 Å². The van der Waals surface area contributed by atoms with E-state index in [0.717, 1.165) is 5.82 Å². The van der Waals surface area contributed by atoms with Gasteiger partial charge in [0.1, 0.15) is 11.6 Å². The number of benzene rings is 1. The van der Waals surface area contributed by atoms with Gasteiger partial charge >= 0.3 is 5.69 Å². The van der Waals surface area contributed by atoms with Gasteiger partial charge in [0.2, 0.25) is 11.7 Å². The zero-order valence-electron chi connectivity index (χ0n) is 17.7. The first-order valence-electron chi connectivity index (χ1n) is 10.2. The molecule has 0 radical (unpaired) electrons. The number of piperidine rings is 1. The Balaban J connectivity index is 1.40. The summed E-state index contributed by atoms with van der Waals surface area (Å²) in [5, 5.41) is 19.0. The normalized spacial score (nSPS) is 14.4. The molecule has 3 heterocycles. The van der Waals surface area contributed by atoms with Crippen molar-refractivity contribution in [3.8, 4) is 5.69 Å². The topological polar surface area (TPSA) is 119 Å². The predicted molar refractivity (Wildman–Crippen MR) is 120 cm³/mol. The van der Waals surface area contributed by atoms with Crippen LogP contribution in [0.5, 0.6) is 0 Å². The molecule has 32 heavy (non-hydrogen) atoms. The molecule has 1 saturated heterocycles. The van der Waals surface area contributed by atoms with E-state index in [1.165, 1.54) is 12.3 Å². The second kappa shape index (κ2) is 8.91. The molecule has 166 valence electrons. The number of amides is 1. The van der Waals surface area contributed by atoms with Crippen LogP contribution >= 0.6 is 11.6 Å². The van der Waals surface area contributed by atoms with Crippen LogP contribution < -0.4 is 10.2 Å². The number of pyridine rings is 1. The molecular formula is C21H22ClN7O3. The number of hydrogen-bond donors (Lipinski definition) is 1. The quantitative estimate of drug-likeness (QED) is 0.460. The summed E-state index contributed by atoms with van der Waals surface area (Å²) in [7, 11) is 0. The summed E-state index contributed by atoms with van der Waals surface area (Å²) in [6, 6.07) is 8.25. The van der Waals surface area contributed by atoms with Crippen molar-refractivity contribution in [2.75, 3.05) is 23.3 Å². The number of rotatable bonds is 5. The van der Waals surface area contributed by atoms with Crippen LogP contribution in [0, 0.1) is 29.9 Å². The third-order valence-electron chi connectivity index (χ3n) is 5.45. The Labute approximate surface area is 189 Å². The highest BCUT2D eigenvalue weighted by Crippen LogP contribution is 2.30. The Morgan fingerprint density at radius 3 is 2.62 bits per heavy atom. The second-order valence-electron chi connectivity index (χ2n) is 7.64. The number of nitro groups is 1. The number of anilines is 2. The van der Waals surface area contributed by atoms with Crippen molar-refractivity contribution in [3.05, 3.63) is 63.3 Å². The largest absolute Gasteiger partial charge is 0.351 e. The molecule has 1 aliphatic heterocycles. The molecule has 0 aliphatic carbocycles. The Morgan fingerprint density at radius 2 is 2.00 bits per heavy atom. The van der Waals surface area contributed by atoms with Crippen LogP contribution in [0.25, 0.3) is 5.69 Å². The third kappa shape index (κ3) is 4.40. The lowest BCUT2D eigenvalue weighted by Gasteiger charge is -2.31. The van der Waals surface area contributed by atoms with Crippen LogP contribution in [0.4, 0.5) is 17.2 Å². The lowest BCUT2D eigenvalue weighted by molar-refractivity contribution is -0.384. The fraction of sp³-hybridized carbons (Fsp3) is 0.333. The molecule has 1 aromatic carbocycles. The minimum atomic E-state index is -0.434. The number of carbonyl (C=O) groups is 1. The van der Waals surface area contributed by atoms with E-state index >= 15 is 0 Å². The van der Waals surface area contributed by atoms with Gasteiger partial charge in [-0.25, -0.2) is 14.6 Å². The van der Waals surface area contributed by atoms with E-state index in [1.807, 2.05) is 18.7 Å². The monoisotopic (exact) mass is 455 g/mol. The lowest BCUT2D eigenvalue weighted by atomic mass is 9.95. The summed E-state index contributed by atoms with van der Waals surface area (Å²) < 4.78 is 1.66. The van der Waals surface area contributed by atoms with Crippen molar-refractivity contribution in [2.24, 2.45) is 5.92 Å². The SMILES string of the molecule is Cc1nc(C)n(-c2ccc(NC(=O)C3CCN(c4ncccc4[N+](=O)[O-])CC3)cc2Cl)n1. The van der Waals surface area contributed by atoms with Crippen molar-refractivity contribution >= 4 is 34.7 Å². The first-order chi connectivity index (χ1) is 15.3. The fourth-order valence-electron chi connectivity index (χ4n) is 3.88. The van der Waals surface area contributed by atoms with Crippen molar-refractivity contribution in [3.63, 3.8) is 0 Å². The number of aromatic nitrogens is 4. The summed E-state index contributed by atoms with van der Waals surface area (Å²) >= 11 is 6.43. The molecule has 11 heteroatoms. The van der Waals surface area contributed by atoms with E-state index < -0.39 is 4.92 Å². The van der Waals surface area contributed by atoms with E-state index in [-0.39, 0.29) is 17.5 Å². The van der Waals surface area contributed by atoms with Gasteiger partial charge in [0.05, 0.1) is 15.6 Å². The Bertz CT molecular complexity index is 1170. The number of aryl methyl sites for hydroxylation is 2. The summed E-state index contributed by atoms with van der Waals surface area (Å²) in [5.41, 5.74) is 1.26. The molecule has 0 saturated carbocycles. The lowest BCUT2D eigenvalue weighted by Crippen LogP contribution is -2.38. The molecule has 0 atom stereocenters. The molecule has 1 aliphatic rings. The van der Waals surface area contributed by atoms with E-state index in [9.17, 15) is 14.9 Å². The van der Waals surface area contributed by atoms with E-state index in [1.54, 1.807) is 28.9 Å². The van der Waals surface area contributed by atoms with Gasteiger partial charge in [-0.15, -0.1) is 0 Å². The van der Waals surface area contributed by atoms with Gasteiger partial charge in [0.15, 0.2) is 0 Å². The highest BCUT2D eigenvalue weighted by molar-refractivity contribution is 6.32. The number of carbonyl (C=O) groups excluding carboxylic acids is 1. The summed E-state index contributed by atoms with van der Waals surface area (Å²) in [6.45, 7) is 4.68. The maximum atomic E-state index is 12.8. The molecule has 1 amide bonds. The maximum absolute atomic E-state index is 12.8. The number of halogens is 1. The Kier molecular flexibility index (Phi) is 6.04. The number of nitrogens with one attached hydrogen (secondary N) is 1. The van der Waals surface area contributed by atoms with E-state index in [0.29, 0.717) is 54.0 Å². The Morgan fingerprint density at radius 1 is 1.25 bits per heavy atom. The molecule has 10 nitrogen and oxygen atoms in total. The molecular weight excluding hydrogens is 434 g/mol. The minimum absolute atomic E-state index is 0.0251. The standard InChI is InChI=1S/C21H22ClN7O3/c1-13-24-14(2)28(26-13)18-6-5-16(12-17(18)22)25-21(30)15-7-10-27(11-8-15)20-19(29(31)32)4-3-9-23-20/h3-6,9,12,15H,7-8,10-11H2,1-2H3,(H,25,30). The summed E-state index contributed by atoms with van der Waals surface area (Å²) in [5.74, 6) is 1.42. The van der Waals surface area contributed by atoms with Gasteiger partial charge in [-0.05, 0) is 51.0 Å². The highest BCUT2D eigenvalue weighted by Gasteiger charge is 2.29. The molecule has 0 bridgehead atoms. The van der Waals surface area contributed by atoms with Crippen LogP contribution in [0.1, 0.15) is 24.5 Å².